The molecule has 0 aliphatic rings. The third-order valence-corrected chi connectivity index (χ3v) is 2.66. The molecule has 0 amide bonds. The summed E-state index contributed by atoms with van der Waals surface area (Å²) in [5.74, 6) is -0.375. The van der Waals surface area contributed by atoms with E-state index in [-0.39, 0.29) is 5.97 Å². The zero-order valence-corrected chi connectivity index (χ0v) is 10.8. The molecule has 2 rings (SSSR count). The van der Waals surface area contributed by atoms with Crippen LogP contribution >= 0.6 is 0 Å². The molecule has 0 aliphatic carbocycles. The first-order valence-corrected chi connectivity index (χ1v) is 5.89. The number of nitrogens with zero attached hydrogens (tertiary/aromatic N) is 3. The van der Waals surface area contributed by atoms with Gasteiger partial charge < -0.3 is 4.74 Å². The van der Waals surface area contributed by atoms with E-state index in [1.54, 1.807) is 49.0 Å². The van der Waals surface area contributed by atoms with Crippen molar-refractivity contribution in [2.45, 2.75) is 13.8 Å². The standard InChI is InChI=1S/C14H13N3O2/c1-3-19-14(18)13-9-17(16-10(13)2)12-6-4-11(8-15)5-7-12/h4-7,9H,3H2,1-2H3. The van der Waals surface area contributed by atoms with Crippen LogP contribution in [0.4, 0.5) is 0 Å². The van der Waals surface area contributed by atoms with Crippen molar-refractivity contribution in [1.82, 2.24) is 9.78 Å². The fourth-order valence-corrected chi connectivity index (χ4v) is 1.69. The number of carbonyl (C=O) groups is 1. The summed E-state index contributed by atoms with van der Waals surface area (Å²) >= 11 is 0. The smallest absolute Gasteiger partial charge is 0.341 e. The minimum Gasteiger partial charge on any atom is -0.462 e. The molecule has 96 valence electrons. The van der Waals surface area contributed by atoms with Crippen LogP contribution in [-0.4, -0.2) is 22.4 Å². The lowest BCUT2D eigenvalue weighted by atomic mass is 10.2. The Bertz CT molecular complexity index is 636. The third-order valence-electron chi connectivity index (χ3n) is 2.66. The summed E-state index contributed by atoms with van der Waals surface area (Å²) in [5, 5.41) is 13.0. The SMILES string of the molecule is CCOC(=O)c1cn(-c2ccc(C#N)cc2)nc1C. The summed E-state index contributed by atoms with van der Waals surface area (Å²) in [6, 6.07) is 9.02. The van der Waals surface area contributed by atoms with Crippen molar-refractivity contribution >= 4 is 5.97 Å². The maximum atomic E-state index is 11.7. The molecule has 0 saturated heterocycles. The third kappa shape index (κ3) is 2.63. The molecule has 2 aromatic rings. The number of hydrogen-bond acceptors (Lipinski definition) is 4. The zero-order valence-electron chi connectivity index (χ0n) is 10.8. The van der Waals surface area contributed by atoms with E-state index in [1.165, 1.54) is 0 Å². The molecular formula is C14H13N3O2. The number of rotatable bonds is 3. The number of benzene rings is 1. The van der Waals surface area contributed by atoms with Crippen LogP contribution in [0.25, 0.3) is 5.69 Å². The summed E-state index contributed by atoms with van der Waals surface area (Å²) < 4.78 is 6.56. The predicted molar refractivity (Wildman–Crippen MR) is 69.0 cm³/mol. The highest BCUT2D eigenvalue weighted by Crippen LogP contribution is 2.13. The maximum Gasteiger partial charge on any atom is 0.341 e. The van der Waals surface area contributed by atoms with Crippen molar-refractivity contribution in [2.24, 2.45) is 0 Å². The minimum absolute atomic E-state index is 0.334. The van der Waals surface area contributed by atoms with Gasteiger partial charge in [-0.3, -0.25) is 0 Å². The zero-order chi connectivity index (χ0) is 13.8. The molecule has 0 bridgehead atoms. The quantitative estimate of drug-likeness (QED) is 0.789. The Balaban J connectivity index is 2.33. The van der Waals surface area contributed by atoms with E-state index in [0.717, 1.165) is 5.69 Å². The summed E-state index contributed by atoms with van der Waals surface area (Å²) in [6.45, 7) is 3.85. The lowest BCUT2D eigenvalue weighted by Gasteiger charge is -2.00. The van der Waals surface area contributed by atoms with Crippen LogP contribution in [0.2, 0.25) is 0 Å². The fourth-order valence-electron chi connectivity index (χ4n) is 1.69. The van der Waals surface area contributed by atoms with Crippen LogP contribution in [0.1, 0.15) is 28.5 Å². The van der Waals surface area contributed by atoms with Crippen LogP contribution in [-0.2, 0) is 4.74 Å². The van der Waals surface area contributed by atoms with Crippen molar-refractivity contribution in [3.8, 4) is 11.8 Å². The second-order valence-electron chi connectivity index (χ2n) is 3.95. The van der Waals surface area contributed by atoms with E-state index in [1.807, 2.05) is 0 Å². The van der Waals surface area contributed by atoms with Gasteiger partial charge in [-0.15, -0.1) is 0 Å². The number of esters is 1. The second kappa shape index (κ2) is 5.36. The number of carbonyl (C=O) groups excluding carboxylic acids is 1. The van der Waals surface area contributed by atoms with E-state index >= 15 is 0 Å². The average Bonchev–Trinajstić information content (AvgIpc) is 2.81. The van der Waals surface area contributed by atoms with Gasteiger partial charge in [0.1, 0.15) is 5.56 Å². The number of aromatic nitrogens is 2. The Morgan fingerprint density at radius 2 is 2.11 bits per heavy atom. The Morgan fingerprint density at radius 1 is 1.42 bits per heavy atom. The van der Waals surface area contributed by atoms with Gasteiger partial charge in [0.2, 0.25) is 0 Å². The summed E-state index contributed by atoms with van der Waals surface area (Å²) in [6.07, 6.45) is 1.63. The van der Waals surface area contributed by atoms with E-state index in [9.17, 15) is 4.79 Å². The summed E-state index contributed by atoms with van der Waals surface area (Å²) in [4.78, 5) is 11.7. The van der Waals surface area contributed by atoms with Gasteiger partial charge in [-0.2, -0.15) is 10.4 Å². The monoisotopic (exact) mass is 255 g/mol. The number of hydrogen-bond donors (Lipinski definition) is 0. The Labute approximate surface area is 111 Å². The van der Waals surface area contributed by atoms with Crippen molar-refractivity contribution < 1.29 is 9.53 Å². The van der Waals surface area contributed by atoms with Crippen molar-refractivity contribution in [3.05, 3.63) is 47.3 Å². The topological polar surface area (TPSA) is 67.9 Å². The largest absolute Gasteiger partial charge is 0.462 e. The molecule has 0 aliphatic heterocycles. The minimum atomic E-state index is -0.375. The number of ether oxygens (including phenoxy) is 1. The normalized spacial score (nSPS) is 9.95. The van der Waals surface area contributed by atoms with Gasteiger partial charge in [-0.25, -0.2) is 9.48 Å². The first-order chi connectivity index (χ1) is 9.15. The van der Waals surface area contributed by atoms with E-state index in [2.05, 4.69) is 11.2 Å². The molecular weight excluding hydrogens is 242 g/mol. The van der Waals surface area contributed by atoms with Gasteiger partial charge in [-0.1, -0.05) is 0 Å². The number of aryl methyl sites for hydroxylation is 1. The Morgan fingerprint density at radius 3 is 2.68 bits per heavy atom. The summed E-state index contributed by atoms with van der Waals surface area (Å²) in [7, 11) is 0. The maximum absolute atomic E-state index is 11.7. The van der Waals surface area contributed by atoms with Gasteiger partial charge in [0, 0.05) is 6.20 Å². The molecule has 0 radical (unpaired) electrons. The van der Waals surface area contributed by atoms with Gasteiger partial charge in [0.15, 0.2) is 0 Å². The van der Waals surface area contributed by atoms with Crippen LogP contribution in [0.15, 0.2) is 30.5 Å². The van der Waals surface area contributed by atoms with Crippen molar-refractivity contribution in [3.63, 3.8) is 0 Å². The lowest BCUT2D eigenvalue weighted by Crippen LogP contribution is -2.04. The predicted octanol–water partition coefficient (Wildman–Crippen LogP) is 2.23. The van der Waals surface area contributed by atoms with E-state index < -0.39 is 0 Å². The fraction of sp³-hybridized carbons (Fsp3) is 0.214. The summed E-state index contributed by atoms with van der Waals surface area (Å²) in [5.41, 5.74) is 2.44. The van der Waals surface area contributed by atoms with Gasteiger partial charge >= 0.3 is 5.97 Å². The second-order valence-corrected chi connectivity index (χ2v) is 3.95. The molecule has 1 aromatic carbocycles. The van der Waals surface area contributed by atoms with Gasteiger partial charge in [0.25, 0.3) is 0 Å². The molecule has 1 aromatic heterocycles. The van der Waals surface area contributed by atoms with Gasteiger partial charge in [0.05, 0.1) is 29.6 Å². The van der Waals surface area contributed by atoms with Crippen LogP contribution < -0.4 is 0 Å². The molecule has 0 unspecified atom stereocenters. The van der Waals surface area contributed by atoms with Gasteiger partial charge in [-0.05, 0) is 38.1 Å². The van der Waals surface area contributed by atoms with E-state index in [4.69, 9.17) is 10.00 Å². The molecule has 0 N–H and O–H groups in total. The Hall–Kier alpha value is -2.61. The average molecular weight is 255 g/mol. The number of nitriles is 1. The van der Waals surface area contributed by atoms with Crippen LogP contribution in [0.5, 0.6) is 0 Å². The molecule has 5 heteroatoms. The molecule has 1 heterocycles. The molecule has 19 heavy (non-hydrogen) atoms. The van der Waals surface area contributed by atoms with Crippen molar-refractivity contribution in [2.75, 3.05) is 6.61 Å². The van der Waals surface area contributed by atoms with Crippen molar-refractivity contribution in [1.29, 1.82) is 5.26 Å². The lowest BCUT2D eigenvalue weighted by molar-refractivity contribution is 0.0525. The highest BCUT2D eigenvalue weighted by atomic mass is 16.5. The first kappa shape index (κ1) is 12.8. The Kier molecular flexibility index (Phi) is 3.62. The molecule has 0 spiro atoms. The highest BCUT2D eigenvalue weighted by Gasteiger charge is 2.14. The molecule has 0 atom stereocenters. The van der Waals surface area contributed by atoms with E-state index in [0.29, 0.717) is 23.4 Å². The highest BCUT2D eigenvalue weighted by molar-refractivity contribution is 5.90. The first-order valence-electron chi connectivity index (χ1n) is 5.89. The molecule has 0 saturated carbocycles. The van der Waals surface area contributed by atoms with Crippen LogP contribution in [0, 0.1) is 18.3 Å². The molecule has 0 fully saturated rings. The van der Waals surface area contributed by atoms with Crippen LogP contribution in [0.3, 0.4) is 0 Å². The molecule has 5 nitrogen and oxygen atoms in total.